The molecule has 0 aromatic heterocycles. The molecule has 0 radical (unpaired) electrons. The summed E-state index contributed by atoms with van der Waals surface area (Å²) in [4.78, 5) is 12.2. The van der Waals surface area contributed by atoms with Crippen LogP contribution >= 0.6 is 0 Å². The van der Waals surface area contributed by atoms with Crippen LogP contribution in [0.5, 0.6) is 5.75 Å². The zero-order chi connectivity index (χ0) is 16.7. The molecule has 0 saturated heterocycles. The molecule has 0 unspecified atom stereocenters. The molecule has 0 aliphatic heterocycles. The van der Waals surface area contributed by atoms with Crippen molar-refractivity contribution < 1.29 is 13.9 Å². The summed E-state index contributed by atoms with van der Waals surface area (Å²) in [7, 11) is 0. The molecule has 0 fully saturated rings. The molecule has 116 valence electrons. The number of rotatable bonds is 5. The van der Waals surface area contributed by atoms with Gasteiger partial charge in [0.1, 0.15) is 23.2 Å². The zero-order valence-electron chi connectivity index (χ0n) is 12.5. The van der Waals surface area contributed by atoms with Crippen LogP contribution in [0.2, 0.25) is 0 Å². The highest BCUT2D eigenvalue weighted by Gasteiger charge is 2.10. The van der Waals surface area contributed by atoms with Gasteiger partial charge < -0.3 is 10.1 Å². The van der Waals surface area contributed by atoms with Crippen molar-refractivity contribution in [1.29, 1.82) is 5.26 Å². The fraction of sp³-hybridized carbons (Fsp3) is 0.111. The number of nitrogens with one attached hydrogen (secondary N) is 1. The second kappa shape index (κ2) is 7.76. The SMILES string of the molecule is CCOc1cccc(NC(=O)/C(C#N)=C/c2ccc(F)cc2)c1. The predicted octanol–water partition coefficient (Wildman–Crippen LogP) is 3.77. The summed E-state index contributed by atoms with van der Waals surface area (Å²) < 4.78 is 18.2. The lowest BCUT2D eigenvalue weighted by atomic mass is 10.1. The van der Waals surface area contributed by atoms with Gasteiger partial charge in [-0.25, -0.2) is 4.39 Å². The number of hydrogen-bond donors (Lipinski definition) is 1. The maximum Gasteiger partial charge on any atom is 0.266 e. The summed E-state index contributed by atoms with van der Waals surface area (Å²) in [6.45, 7) is 2.38. The molecular formula is C18H15FN2O2. The van der Waals surface area contributed by atoms with Gasteiger partial charge in [0.05, 0.1) is 6.61 Å². The van der Waals surface area contributed by atoms with Crippen molar-refractivity contribution in [3.8, 4) is 11.8 Å². The van der Waals surface area contributed by atoms with E-state index < -0.39 is 5.91 Å². The maximum absolute atomic E-state index is 12.9. The van der Waals surface area contributed by atoms with Crippen LogP contribution in [0.4, 0.5) is 10.1 Å². The number of carbonyl (C=O) groups excluding carboxylic acids is 1. The van der Waals surface area contributed by atoms with E-state index >= 15 is 0 Å². The van der Waals surface area contributed by atoms with Gasteiger partial charge in [-0.05, 0) is 42.8 Å². The third kappa shape index (κ3) is 4.68. The minimum atomic E-state index is -0.537. The van der Waals surface area contributed by atoms with Crippen molar-refractivity contribution >= 4 is 17.7 Å². The molecule has 0 bridgehead atoms. The molecule has 0 aliphatic carbocycles. The van der Waals surface area contributed by atoms with Crippen LogP contribution in [0.1, 0.15) is 12.5 Å². The minimum absolute atomic E-state index is 0.0709. The summed E-state index contributed by atoms with van der Waals surface area (Å²) >= 11 is 0. The fourth-order valence-electron chi connectivity index (χ4n) is 1.90. The average molecular weight is 310 g/mol. The van der Waals surface area contributed by atoms with E-state index in [2.05, 4.69) is 5.32 Å². The summed E-state index contributed by atoms with van der Waals surface area (Å²) in [5, 5.41) is 11.8. The van der Waals surface area contributed by atoms with Crippen LogP contribution in [0.15, 0.2) is 54.1 Å². The highest BCUT2D eigenvalue weighted by atomic mass is 19.1. The Morgan fingerprint density at radius 2 is 2.04 bits per heavy atom. The predicted molar refractivity (Wildman–Crippen MR) is 86.2 cm³/mol. The highest BCUT2D eigenvalue weighted by molar-refractivity contribution is 6.09. The number of hydrogen-bond acceptors (Lipinski definition) is 3. The zero-order valence-corrected chi connectivity index (χ0v) is 12.5. The number of benzene rings is 2. The topological polar surface area (TPSA) is 62.1 Å². The second-order valence-electron chi connectivity index (χ2n) is 4.64. The number of halogens is 1. The summed E-state index contributed by atoms with van der Waals surface area (Å²) in [5.41, 5.74) is 1.03. The lowest BCUT2D eigenvalue weighted by Gasteiger charge is -2.07. The first-order valence-electron chi connectivity index (χ1n) is 7.04. The molecule has 0 aliphatic rings. The van der Waals surface area contributed by atoms with Crippen LogP contribution in [0.25, 0.3) is 6.08 Å². The van der Waals surface area contributed by atoms with E-state index in [-0.39, 0.29) is 11.4 Å². The van der Waals surface area contributed by atoms with Gasteiger partial charge >= 0.3 is 0 Å². The summed E-state index contributed by atoms with van der Waals surface area (Å²) in [6, 6.07) is 14.3. The molecular weight excluding hydrogens is 295 g/mol. The van der Waals surface area contributed by atoms with Gasteiger partial charge in [-0.2, -0.15) is 5.26 Å². The van der Waals surface area contributed by atoms with Gasteiger partial charge in [0, 0.05) is 11.8 Å². The van der Waals surface area contributed by atoms with Gasteiger partial charge in [0.2, 0.25) is 0 Å². The van der Waals surface area contributed by atoms with Gasteiger partial charge in [-0.3, -0.25) is 4.79 Å². The van der Waals surface area contributed by atoms with Crippen molar-refractivity contribution in [3.05, 3.63) is 65.5 Å². The fourth-order valence-corrected chi connectivity index (χ4v) is 1.90. The lowest BCUT2D eigenvalue weighted by molar-refractivity contribution is -0.112. The molecule has 1 N–H and O–H groups in total. The van der Waals surface area contributed by atoms with E-state index in [0.717, 1.165) is 0 Å². The van der Waals surface area contributed by atoms with Crippen LogP contribution < -0.4 is 10.1 Å². The Kier molecular flexibility index (Phi) is 5.48. The highest BCUT2D eigenvalue weighted by Crippen LogP contribution is 2.18. The number of carbonyl (C=O) groups is 1. The Balaban J connectivity index is 2.16. The summed E-state index contributed by atoms with van der Waals surface area (Å²) in [5.74, 6) is -0.283. The molecule has 0 heterocycles. The molecule has 2 aromatic rings. The van der Waals surface area contributed by atoms with Crippen molar-refractivity contribution in [2.75, 3.05) is 11.9 Å². The van der Waals surface area contributed by atoms with Crippen molar-refractivity contribution in [3.63, 3.8) is 0 Å². The number of nitrogens with zero attached hydrogens (tertiary/aromatic N) is 1. The van der Waals surface area contributed by atoms with E-state index in [4.69, 9.17) is 10.00 Å². The molecule has 5 heteroatoms. The van der Waals surface area contributed by atoms with Gasteiger partial charge in [0.15, 0.2) is 0 Å². The molecule has 2 rings (SSSR count). The van der Waals surface area contributed by atoms with Crippen molar-refractivity contribution in [1.82, 2.24) is 0 Å². The number of amides is 1. The summed E-state index contributed by atoms with van der Waals surface area (Å²) in [6.07, 6.45) is 1.40. The smallest absolute Gasteiger partial charge is 0.266 e. The van der Waals surface area contributed by atoms with Crippen molar-refractivity contribution in [2.45, 2.75) is 6.92 Å². The van der Waals surface area contributed by atoms with Gasteiger partial charge in [-0.1, -0.05) is 18.2 Å². The monoisotopic (exact) mass is 310 g/mol. The molecule has 1 amide bonds. The Bertz CT molecular complexity index is 761. The first-order chi connectivity index (χ1) is 11.1. The van der Waals surface area contributed by atoms with Crippen LogP contribution in [-0.4, -0.2) is 12.5 Å². The molecule has 0 spiro atoms. The lowest BCUT2D eigenvalue weighted by Crippen LogP contribution is -2.13. The average Bonchev–Trinajstić information content (AvgIpc) is 2.55. The minimum Gasteiger partial charge on any atom is -0.494 e. The Hall–Kier alpha value is -3.13. The number of anilines is 1. The van der Waals surface area contributed by atoms with Crippen LogP contribution in [0.3, 0.4) is 0 Å². The third-order valence-electron chi connectivity index (χ3n) is 2.95. The number of ether oxygens (including phenoxy) is 1. The van der Waals surface area contributed by atoms with Gasteiger partial charge in [0.25, 0.3) is 5.91 Å². The van der Waals surface area contributed by atoms with E-state index in [0.29, 0.717) is 23.6 Å². The van der Waals surface area contributed by atoms with E-state index in [1.165, 1.54) is 30.3 Å². The second-order valence-corrected chi connectivity index (χ2v) is 4.64. The van der Waals surface area contributed by atoms with Crippen LogP contribution in [-0.2, 0) is 4.79 Å². The molecule has 23 heavy (non-hydrogen) atoms. The van der Waals surface area contributed by atoms with E-state index in [1.807, 2.05) is 13.0 Å². The quantitative estimate of drug-likeness (QED) is 0.675. The molecule has 0 saturated carbocycles. The molecule has 2 aromatic carbocycles. The Morgan fingerprint density at radius 3 is 2.70 bits per heavy atom. The Labute approximate surface area is 133 Å². The maximum atomic E-state index is 12.9. The third-order valence-corrected chi connectivity index (χ3v) is 2.95. The van der Waals surface area contributed by atoms with Crippen LogP contribution in [0, 0.1) is 17.1 Å². The van der Waals surface area contributed by atoms with Crippen molar-refractivity contribution in [2.24, 2.45) is 0 Å². The molecule has 4 nitrogen and oxygen atoms in total. The first kappa shape index (κ1) is 16.2. The normalized spacial score (nSPS) is 10.7. The largest absolute Gasteiger partial charge is 0.494 e. The van der Waals surface area contributed by atoms with Gasteiger partial charge in [-0.15, -0.1) is 0 Å². The number of nitriles is 1. The molecule has 0 atom stereocenters. The Morgan fingerprint density at radius 1 is 1.30 bits per heavy atom. The standard InChI is InChI=1S/C18H15FN2O2/c1-2-23-17-5-3-4-16(11-17)21-18(22)14(12-20)10-13-6-8-15(19)9-7-13/h3-11H,2H2,1H3,(H,21,22)/b14-10+. The van der Waals surface area contributed by atoms with E-state index in [1.54, 1.807) is 24.3 Å². The first-order valence-corrected chi connectivity index (χ1v) is 7.04. The van der Waals surface area contributed by atoms with E-state index in [9.17, 15) is 9.18 Å².